The average molecular weight is 408 g/mol. The van der Waals surface area contributed by atoms with E-state index in [-0.39, 0.29) is 18.3 Å². The average Bonchev–Trinajstić information content (AvgIpc) is 3.32. The molecule has 0 saturated heterocycles. The summed E-state index contributed by atoms with van der Waals surface area (Å²) in [6, 6.07) is 11.2. The van der Waals surface area contributed by atoms with E-state index in [0.717, 1.165) is 16.1 Å². The molecule has 0 aliphatic carbocycles. The van der Waals surface area contributed by atoms with Crippen molar-refractivity contribution in [3.8, 4) is 10.7 Å². The van der Waals surface area contributed by atoms with E-state index in [0.29, 0.717) is 24.4 Å². The number of alkyl halides is 3. The van der Waals surface area contributed by atoms with Crippen LogP contribution in [0.25, 0.3) is 10.7 Å². The highest BCUT2D eigenvalue weighted by molar-refractivity contribution is 7.15. The van der Waals surface area contributed by atoms with Gasteiger partial charge >= 0.3 is 12.1 Å². The quantitative estimate of drug-likeness (QED) is 0.711. The van der Waals surface area contributed by atoms with Crippen LogP contribution in [0, 0.1) is 0 Å². The highest BCUT2D eigenvalue weighted by atomic mass is 32.1. The van der Waals surface area contributed by atoms with E-state index in [1.54, 1.807) is 11.0 Å². The van der Waals surface area contributed by atoms with Crippen molar-refractivity contribution in [3.05, 3.63) is 52.7 Å². The van der Waals surface area contributed by atoms with Crippen LogP contribution in [0.1, 0.15) is 16.3 Å². The first-order valence-electron chi connectivity index (χ1n) is 8.50. The number of amides is 1. The van der Waals surface area contributed by atoms with Crippen LogP contribution in [-0.4, -0.2) is 34.0 Å². The van der Waals surface area contributed by atoms with Gasteiger partial charge in [0.05, 0.1) is 18.0 Å². The molecular formula is C18H15F3N4O2S. The smallest absolute Gasteiger partial charge is 0.376 e. The van der Waals surface area contributed by atoms with Gasteiger partial charge in [0.2, 0.25) is 11.7 Å². The van der Waals surface area contributed by atoms with Crippen LogP contribution in [0.5, 0.6) is 0 Å². The number of anilines is 1. The van der Waals surface area contributed by atoms with Crippen molar-refractivity contribution in [2.45, 2.75) is 19.1 Å². The molecule has 0 fully saturated rings. The molecule has 1 amide bonds. The lowest BCUT2D eigenvalue weighted by molar-refractivity contribution is -0.159. The van der Waals surface area contributed by atoms with Crippen LogP contribution in [0.2, 0.25) is 0 Å². The fourth-order valence-electron chi connectivity index (χ4n) is 2.93. The maximum atomic E-state index is 12.6. The van der Waals surface area contributed by atoms with Crippen LogP contribution in [-0.2, 0) is 23.9 Å². The van der Waals surface area contributed by atoms with Gasteiger partial charge in [-0.2, -0.15) is 18.2 Å². The van der Waals surface area contributed by atoms with Crippen LogP contribution in [0.3, 0.4) is 0 Å². The van der Waals surface area contributed by atoms with Crippen LogP contribution in [0.15, 0.2) is 40.9 Å². The molecule has 1 aromatic carbocycles. The maximum Gasteiger partial charge on any atom is 0.471 e. The van der Waals surface area contributed by atoms with Gasteiger partial charge in [-0.25, -0.2) is 0 Å². The topological polar surface area (TPSA) is 71.3 Å². The van der Waals surface area contributed by atoms with E-state index in [1.165, 1.54) is 11.3 Å². The zero-order valence-electron chi connectivity index (χ0n) is 14.5. The summed E-state index contributed by atoms with van der Waals surface area (Å²) < 4.78 is 42.2. The number of benzene rings is 1. The normalized spacial score (nSPS) is 14.0. The predicted molar refractivity (Wildman–Crippen MR) is 96.7 cm³/mol. The van der Waals surface area contributed by atoms with E-state index >= 15 is 0 Å². The standard InChI is InChI=1S/C18H15F3N4O2S/c19-18(20,21)17-23-16(24-27-17)13-8-11-6-7-25(10-14(11)28-13)15(26)9-22-12-4-2-1-3-5-12/h1-5,8,22H,6-7,9-10H2. The summed E-state index contributed by atoms with van der Waals surface area (Å²) >= 11 is 1.28. The molecule has 3 heterocycles. The minimum absolute atomic E-state index is 0.0385. The second-order valence-corrected chi connectivity index (χ2v) is 7.40. The predicted octanol–water partition coefficient (Wildman–Crippen LogP) is 3.81. The highest BCUT2D eigenvalue weighted by Gasteiger charge is 2.38. The largest absolute Gasteiger partial charge is 0.471 e. The molecular weight excluding hydrogens is 393 g/mol. The number of rotatable bonds is 4. The molecule has 1 aliphatic heterocycles. The summed E-state index contributed by atoms with van der Waals surface area (Å²) in [4.78, 5) is 19.1. The fraction of sp³-hybridized carbons (Fsp3) is 0.278. The summed E-state index contributed by atoms with van der Waals surface area (Å²) in [6.45, 7) is 1.15. The van der Waals surface area contributed by atoms with Crippen LogP contribution >= 0.6 is 11.3 Å². The number of halogens is 3. The van der Waals surface area contributed by atoms with Crippen LogP contribution in [0.4, 0.5) is 18.9 Å². The minimum Gasteiger partial charge on any atom is -0.376 e. The number of aromatic nitrogens is 2. The lowest BCUT2D eigenvalue weighted by atomic mass is 10.1. The first kappa shape index (κ1) is 18.5. The van der Waals surface area contributed by atoms with E-state index in [9.17, 15) is 18.0 Å². The third-order valence-corrected chi connectivity index (χ3v) is 5.50. The van der Waals surface area contributed by atoms with E-state index < -0.39 is 12.1 Å². The molecule has 28 heavy (non-hydrogen) atoms. The molecule has 4 rings (SSSR count). The van der Waals surface area contributed by atoms with Gasteiger partial charge in [-0.05, 0) is 30.2 Å². The minimum atomic E-state index is -4.67. The number of fused-ring (bicyclic) bond motifs is 1. The Morgan fingerprint density at radius 1 is 1.29 bits per heavy atom. The van der Waals surface area contributed by atoms with E-state index in [4.69, 9.17) is 0 Å². The van der Waals surface area contributed by atoms with Crippen molar-refractivity contribution in [3.63, 3.8) is 0 Å². The Hall–Kier alpha value is -2.88. The Morgan fingerprint density at radius 3 is 2.79 bits per heavy atom. The number of carbonyl (C=O) groups excluding carboxylic acids is 1. The molecule has 0 atom stereocenters. The number of nitrogens with one attached hydrogen (secondary N) is 1. The zero-order chi connectivity index (χ0) is 19.7. The number of para-hydroxylation sites is 1. The van der Waals surface area contributed by atoms with Crippen molar-refractivity contribution in [2.75, 3.05) is 18.4 Å². The Balaban J connectivity index is 1.43. The van der Waals surface area contributed by atoms with Crippen molar-refractivity contribution in [1.82, 2.24) is 15.0 Å². The highest BCUT2D eigenvalue weighted by Crippen LogP contribution is 2.35. The van der Waals surface area contributed by atoms with Gasteiger partial charge < -0.3 is 14.7 Å². The van der Waals surface area contributed by atoms with Gasteiger partial charge in [-0.1, -0.05) is 23.4 Å². The molecule has 0 radical (unpaired) electrons. The van der Waals surface area contributed by atoms with Crippen molar-refractivity contribution in [1.29, 1.82) is 0 Å². The second kappa shape index (κ2) is 7.27. The van der Waals surface area contributed by atoms with Gasteiger partial charge in [-0.15, -0.1) is 11.3 Å². The van der Waals surface area contributed by atoms with E-state index in [2.05, 4.69) is 20.0 Å². The molecule has 2 aromatic heterocycles. The van der Waals surface area contributed by atoms with E-state index in [1.807, 2.05) is 30.3 Å². The van der Waals surface area contributed by atoms with Gasteiger partial charge in [0, 0.05) is 17.1 Å². The maximum absolute atomic E-state index is 12.6. The number of hydrogen-bond donors (Lipinski definition) is 1. The molecule has 10 heteroatoms. The fourth-order valence-corrected chi connectivity index (χ4v) is 4.08. The van der Waals surface area contributed by atoms with Gasteiger partial charge in [-0.3, -0.25) is 4.79 Å². The number of thiophene rings is 1. The van der Waals surface area contributed by atoms with Crippen molar-refractivity contribution in [2.24, 2.45) is 0 Å². The summed E-state index contributed by atoms with van der Waals surface area (Å²) in [7, 11) is 0. The Morgan fingerprint density at radius 2 is 2.07 bits per heavy atom. The zero-order valence-corrected chi connectivity index (χ0v) is 15.3. The summed E-state index contributed by atoms with van der Waals surface area (Å²) in [5, 5.41) is 6.51. The third-order valence-electron chi connectivity index (χ3n) is 4.34. The molecule has 1 N–H and O–H groups in total. The first-order valence-corrected chi connectivity index (χ1v) is 9.31. The van der Waals surface area contributed by atoms with Gasteiger partial charge in [0.15, 0.2) is 0 Å². The number of nitrogens with zero attached hydrogens (tertiary/aromatic N) is 3. The third kappa shape index (κ3) is 3.86. The number of carbonyl (C=O) groups is 1. The second-order valence-electron chi connectivity index (χ2n) is 6.26. The Labute approximate surface area is 162 Å². The van der Waals surface area contributed by atoms with Crippen LogP contribution < -0.4 is 5.32 Å². The van der Waals surface area contributed by atoms with Crippen molar-refractivity contribution < 1.29 is 22.5 Å². The summed E-state index contributed by atoms with van der Waals surface area (Å²) in [5.74, 6) is -1.49. The molecule has 0 unspecified atom stereocenters. The molecule has 3 aromatic rings. The molecule has 0 spiro atoms. The van der Waals surface area contributed by atoms with Gasteiger partial charge in [0.1, 0.15) is 0 Å². The Bertz CT molecular complexity index is 984. The lowest BCUT2D eigenvalue weighted by Crippen LogP contribution is -2.38. The lowest BCUT2D eigenvalue weighted by Gasteiger charge is -2.27. The molecule has 6 nitrogen and oxygen atoms in total. The first-order chi connectivity index (χ1) is 13.4. The number of hydrogen-bond acceptors (Lipinski definition) is 6. The molecule has 0 bridgehead atoms. The molecule has 0 saturated carbocycles. The Kier molecular flexibility index (Phi) is 4.80. The molecule has 1 aliphatic rings. The van der Waals surface area contributed by atoms with Gasteiger partial charge in [0.25, 0.3) is 0 Å². The summed E-state index contributed by atoms with van der Waals surface area (Å²) in [6.07, 6.45) is -4.04. The van der Waals surface area contributed by atoms with Crippen molar-refractivity contribution >= 4 is 22.9 Å². The monoisotopic (exact) mass is 408 g/mol. The SMILES string of the molecule is O=C(CNc1ccccc1)N1CCc2cc(-c3noc(C(F)(F)F)n3)sc2C1. The summed E-state index contributed by atoms with van der Waals surface area (Å²) in [5.41, 5.74) is 1.86. The molecule has 146 valence electrons.